The Morgan fingerprint density at radius 2 is 1.92 bits per heavy atom. The number of benzene rings is 1. The van der Waals surface area contributed by atoms with E-state index < -0.39 is 15.3 Å². The number of aromatic nitrogens is 2. The van der Waals surface area contributed by atoms with Crippen molar-refractivity contribution in [2.24, 2.45) is 0 Å². The molecule has 0 aliphatic carbocycles. The SMILES string of the molecule is C[C@H]1COCCN1c1cc(C(C)(C)S(O)(O)CCCO)nc(-c2ccc(NC(=S)NCCO)cc2)n1. The van der Waals surface area contributed by atoms with Gasteiger partial charge in [0.05, 0.1) is 36.3 Å². The smallest absolute Gasteiger partial charge is 0.170 e. The molecule has 0 saturated carbocycles. The van der Waals surface area contributed by atoms with Gasteiger partial charge in [0.2, 0.25) is 0 Å². The molecule has 0 amide bonds. The summed E-state index contributed by atoms with van der Waals surface area (Å²) in [5, 5.41) is 24.5. The quantitative estimate of drug-likeness (QED) is 0.248. The van der Waals surface area contributed by atoms with Crippen LogP contribution in [-0.2, 0) is 9.48 Å². The largest absolute Gasteiger partial charge is 0.396 e. The minimum Gasteiger partial charge on any atom is -0.396 e. The summed E-state index contributed by atoms with van der Waals surface area (Å²) < 4.78 is 26.6. The summed E-state index contributed by atoms with van der Waals surface area (Å²) in [5.41, 5.74) is 2.06. The van der Waals surface area contributed by atoms with E-state index in [0.717, 1.165) is 11.3 Å². The molecular weight excluding hydrogens is 502 g/mol. The van der Waals surface area contributed by atoms with E-state index in [1.165, 1.54) is 0 Å². The molecule has 10 nitrogen and oxygen atoms in total. The molecule has 200 valence electrons. The fourth-order valence-electron chi connectivity index (χ4n) is 3.82. The van der Waals surface area contributed by atoms with Gasteiger partial charge in [-0.1, -0.05) is 0 Å². The molecule has 1 aromatic carbocycles. The zero-order chi connectivity index (χ0) is 26.3. The van der Waals surface area contributed by atoms with Gasteiger partial charge in [0.1, 0.15) is 5.82 Å². The third-order valence-corrected chi connectivity index (χ3v) is 9.14. The Morgan fingerprint density at radius 1 is 1.19 bits per heavy atom. The van der Waals surface area contributed by atoms with Crippen LogP contribution in [0.25, 0.3) is 11.4 Å². The first-order valence-electron chi connectivity index (χ1n) is 12.0. The Labute approximate surface area is 219 Å². The first-order valence-corrected chi connectivity index (χ1v) is 14.1. The summed E-state index contributed by atoms with van der Waals surface area (Å²) in [7, 11) is -3.11. The summed E-state index contributed by atoms with van der Waals surface area (Å²) in [6.07, 6.45) is 0.292. The highest BCUT2D eigenvalue weighted by molar-refractivity contribution is 8.25. The molecule has 0 spiro atoms. The topological polar surface area (TPSA) is 143 Å². The highest BCUT2D eigenvalue weighted by Gasteiger charge is 2.38. The summed E-state index contributed by atoms with van der Waals surface area (Å²) >= 11 is 5.22. The molecule has 0 unspecified atom stereocenters. The van der Waals surface area contributed by atoms with Crippen LogP contribution in [0.2, 0.25) is 0 Å². The number of aliphatic hydroxyl groups is 2. The number of anilines is 2. The van der Waals surface area contributed by atoms with Crippen LogP contribution in [-0.4, -0.2) is 85.7 Å². The average molecular weight is 540 g/mol. The van der Waals surface area contributed by atoms with E-state index in [-0.39, 0.29) is 25.0 Å². The minimum absolute atomic E-state index is 0.0143. The van der Waals surface area contributed by atoms with Crippen LogP contribution in [0.1, 0.15) is 32.9 Å². The normalized spacial score (nSPS) is 17.1. The Morgan fingerprint density at radius 3 is 2.56 bits per heavy atom. The van der Waals surface area contributed by atoms with Gasteiger partial charge in [-0.2, -0.15) is 10.6 Å². The van der Waals surface area contributed by atoms with Crippen LogP contribution < -0.4 is 15.5 Å². The van der Waals surface area contributed by atoms with E-state index >= 15 is 0 Å². The van der Waals surface area contributed by atoms with Gasteiger partial charge in [0.25, 0.3) is 0 Å². The fourth-order valence-corrected chi connectivity index (χ4v) is 5.52. The number of nitrogens with one attached hydrogen (secondary N) is 2. The van der Waals surface area contributed by atoms with Crippen molar-refractivity contribution in [1.82, 2.24) is 15.3 Å². The number of thiocarbonyl (C=S) groups is 1. The monoisotopic (exact) mass is 539 g/mol. The van der Waals surface area contributed by atoms with E-state index in [1.54, 1.807) is 13.8 Å². The van der Waals surface area contributed by atoms with Gasteiger partial charge in [0, 0.05) is 42.8 Å². The molecule has 36 heavy (non-hydrogen) atoms. The third kappa shape index (κ3) is 6.82. The lowest BCUT2D eigenvalue weighted by molar-refractivity contribution is 0.0985. The summed E-state index contributed by atoms with van der Waals surface area (Å²) in [6, 6.07) is 9.40. The molecule has 1 aliphatic heterocycles. The minimum atomic E-state index is -3.11. The number of morpholine rings is 1. The Balaban J connectivity index is 1.99. The van der Waals surface area contributed by atoms with Gasteiger partial charge >= 0.3 is 0 Å². The lowest BCUT2D eigenvalue weighted by atomic mass is 10.1. The molecule has 1 aliphatic rings. The zero-order valence-corrected chi connectivity index (χ0v) is 22.6. The van der Waals surface area contributed by atoms with E-state index in [9.17, 15) is 14.2 Å². The predicted octanol–water partition coefficient (Wildman–Crippen LogP) is 3.02. The zero-order valence-electron chi connectivity index (χ0n) is 21.0. The van der Waals surface area contributed by atoms with Crippen molar-refractivity contribution < 1.29 is 24.1 Å². The van der Waals surface area contributed by atoms with Crippen LogP contribution in [0.3, 0.4) is 0 Å². The maximum absolute atomic E-state index is 11.0. The van der Waals surface area contributed by atoms with Crippen LogP contribution in [0.5, 0.6) is 0 Å². The number of hydrogen-bond donors (Lipinski definition) is 6. The molecule has 0 bridgehead atoms. The Hall–Kier alpha value is -2.06. The second kappa shape index (κ2) is 12.5. The molecule has 1 fully saturated rings. The van der Waals surface area contributed by atoms with Crippen molar-refractivity contribution in [3.8, 4) is 11.4 Å². The summed E-state index contributed by atoms with van der Waals surface area (Å²) in [5.74, 6) is 1.26. The lowest BCUT2D eigenvalue weighted by Crippen LogP contribution is -2.44. The third-order valence-electron chi connectivity index (χ3n) is 6.19. The van der Waals surface area contributed by atoms with Crippen molar-refractivity contribution in [2.75, 3.05) is 55.5 Å². The van der Waals surface area contributed by atoms with Gasteiger partial charge in [-0.05, 0) is 63.7 Å². The van der Waals surface area contributed by atoms with E-state index in [2.05, 4.69) is 22.5 Å². The molecule has 0 radical (unpaired) electrons. The molecule has 1 aromatic heterocycles. The van der Waals surface area contributed by atoms with Gasteiger partial charge in [-0.3, -0.25) is 9.11 Å². The number of aliphatic hydroxyl groups excluding tert-OH is 2. The number of ether oxygens (including phenoxy) is 1. The molecule has 2 heterocycles. The number of rotatable bonds is 10. The highest BCUT2D eigenvalue weighted by Crippen LogP contribution is 2.58. The van der Waals surface area contributed by atoms with Crippen molar-refractivity contribution in [3.05, 3.63) is 36.0 Å². The molecule has 3 rings (SSSR count). The predicted molar refractivity (Wildman–Crippen MR) is 149 cm³/mol. The first kappa shape index (κ1) is 28.5. The molecule has 2 aromatic rings. The average Bonchev–Trinajstić information content (AvgIpc) is 2.86. The molecule has 1 atom stereocenters. The number of nitrogens with zero attached hydrogens (tertiary/aromatic N) is 3. The van der Waals surface area contributed by atoms with Crippen molar-refractivity contribution in [3.63, 3.8) is 0 Å². The van der Waals surface area contributed by atoms with Crippen LogP contribution >= 0.6 is 22.8 Å². The maximum Gasteiger partial charge on any atom is 0.170 e. The second-order valence-electron chi connectivity index (χ2n) is 9.19. The lowest BCUT2D eigenvalue weighted by Gasteiger charge is -2.46. The molecule has 1 saturated heterocycles. The van der Waals surface area contributed by atoms with E-state index in [0.29, 0.717) is 55.2 Å². The van der Waals surface area contributed by atoms with Crippen molar-refractivity contribution >= 4 is 39.4 Å². The molecule has 6 N–H and O–H groups in total. The van der Waals surface area contributed by atoms with Gasteiger partial charge in [-0.15, -0.1) is 0 Å². The summed E-state index contributed by atoms with van der Waals surface area (Å²) in [6.45, 7) is 7.66. The Bertz CT molecular complexity index is 1020. The van der Waals surface area contributed by atoms with Gasteiger partial charge in [0.15, 0.2) is 10.9 Å². The summed E-state index contributed by atoms with van der Waals surface area (Å²) in [4.78, 5) is 11.8. The highest BCUT2D eigenvalue weighted by atomic mass is 32.3. The Kier molecular flexibility index (Phi) is 9.86. The fraction of sp³-hybridized carbons (Fsp3) is 0.542. The molecule has 12 heteroatoms. The van der Waals surface area contributed by atoms with Crippen LogP contribution in [0.15, 0.2) is 30.3 Å². The number of hydrogen-bond acceptors (Lipinski definition) is 9. The molecular formula is C24H37N5O5S2. The van der Waals surface area contributed by atoms with Crippen LogP contribution in [0, 0.1) is 0 Å². The van der Waals surface area contributed by atoms with Crippen LogP contribution in [0.4, 0.5) is 11.5 Å². The van der Waals surface area contributed by atoms with Crippen molar-refractivity contribution in [2.45, 2.75) is 38.0 Å². The van der Waals surface area contributed by atoms with Gasteiger partial charge in [-0.25, -0.2) is 9.97 Å². The second-order valence-corrected chi connectivity index (χ2v) is 12.4. The van der Waals surface area contributed by atoms with E-state index in [1.807, 2.05) is 30.3 Å². The van der Waals surface area contributed by atoms with E-state index in [4.69, 9.17) is 32.0 Å². The van der Waals surface area contributed by atoms with Gasteiger partial charge < -0.3 is 30.5 Å². The first-order chi connectivity index (χ1) is 17.1. The standard InChI is InChI=1S/C24H37N5O5S2/c1-17-16-34-13-10-29(17)21-15-20(24(2,3)36(32,33)14-4-11-30)27-22(28-21)18-5-7-19(8-6-18)26-23(35)25-9-12-31/h5-8,15,17,30-33H,4,9-14,16H2,1-3H3,(H2,25,26,35)/t17-/m0/s1. The maximum atomic E-state index is 11.0. The van der Waals surface area contributed by atoms with Crippen molar-refractivity contribution in [1.29, 1.82) is 0 Å².